The topological polar surface area (TPSA) is 13.1 Å². The van der Waals surface area contributed by atoms with E-state index < -0.39 is 0 Å². The average molecular weight is 463 g/mol. The van der Waals surface area contributed by atoms with Crippen molar-refractivity contribution in [3.63, 3.8) is 0 Å². The van der Waals surface area contributed by atoms with Crippen LogP contribution < -0.4 is 24.0 Å². The maximum Gasteiger partial charge on any atom is 0.104 e. The number of likely N-dealkylation sites (N-methyl/N-ethyl adjacent to an activating group) is 1. The number of halogens is 1. The van der Waals surface area contributed by atoms with Crippen molar-refractivity contribution in [1.29, 1.82) is 0 Å². The van der Waals surface area contributed by atoms with E-state index in [1.54, 1.807) is 18.1 Å². The lowest BCUT2D eigenvalue weighted by molar-refractivity contribution is -0.899. The monoisotopic (exact) mass is 463 g/mol. The molecule has 0 aliphatic heterocycles. The Morgan fingerprint density at radius 2 is 1.77 bits per heavy atom. The van der Waals surface area contributed by atoms with Gasteiger partial charge in [-0.15, -0.1) is 0 Å². The maximum atomic E-state index is 5.19. The molecule has 2 nitrogen and oxygen atoms in total. The Bertz CT molecular complexity index is 771. The fourth-order valence-electron chi connectivity index (χ4n) is 4.93. The summed E-state index contributed by atoms with van der Waals surface area (Å²) in [6.07, 6.45) is 8.79. The summed E-state index contributed by atoms with van der Waals surface area (Å²) in [5, 5.41) is 0. The Morgan fingerprint density at radius 1 is 1.04 bits per heavy atom. The first-order chi connectivity index (χ1) is 11.9. The van der Waals surface area contributed by atoms with Crippen molar-refractivity contribution in [2.75, 3.05) is 20.6 Å². The van der Waals surface area contributed by atoms with Crippen LogP contribution in [-0.2, 0) is 6.54 Å². The summed E-state index contributed by atoms with van der Waals surface area (Å²) >= 11 is 0. The second-order valence-electron chi connectivity index (χ2n) is 9.28. The highest BCUT2D eigenvalue weighted by atomic mass is 127. The molecule has 0 radical (unpaired) electrons. The number of benzene rings is 1. The predicted octanol–water partition coefficient (Wildman–Crippen LogP) is 2.52. The molecular formula is C23H30INO. The zero-order valence-electron chi connectivity index (χ0n) is 16.3. The van der Waals surface area contributed by atoms with E-state index in [4.69, 9.17) is 4.42 Å². The second-order valence-corrected chi connectivity index (χ2v) is 9.28. The first-order valence-electron chi connectivity index (χ1n) is 9.48. The van der Waals surface area contributed by atoms with Crippen LogP contribution in [0.15, 0.2) is 58.9 Å². The molecule has 140 valence electrons. The number of rotatable bonds is 5. The van der Waals surface area contributed by atoms with E-state index >= 15 is 0 Å². The van der Waals surface area contributed by atoms with Crippen LogP contribution in [-0.4, -0.2) is 25.1 Å². The van der Waals surface area contributed by atoms with E-state index in [1.165, 1.54) is 30.5 Å². The van der Waals surface area contributed by atoms with E-state index in [-0.39, 0.29) is 24.0 Å². The molecule has 0 N–H and O–H groups in total. The summed E-state index contributed by atoms with van der Waals surface area (Å²) < 4.78 is 6.21. The summed E-state index contributed by atoms with van der Waals surface area (Å²) in [4.78, 5) is 0. The van der Waals surface area contributed by atoms with Gasteiger partial charge in [0, 0.05) is 11.1 Å². The molecule has 1 fully saturated rings. The van der Waals surface area contributed by atoms with Crippen LogP contribution in [0.3, 0.4) is 0 Å². The number of nitrogens with zero attached hydrogens (tertiary/aromatic N) is 1. The van der Waals surface area contributed by atoms with E-state index in [0.717, 1.165) is 28.4 Å². The van der Waals surface area contributed by atoms with Gasteiger partial charge < -0.3 is 32.9 Å². The molecule has 0 amide bonds. The van der Waals surface area contributed by atoms with Crippen LogP contribution in [0.1, 0.15) is 32.3 Å². The molecule has 2 atom stereocenters. The third-order valence-corrected chi connectivity index (χ3v) is 6.61. The highest BCUT2D eigenvalue weighted by Crippen LogP contribution is 2.59. The Labute approximate surface area is 174 Å². The Kier molecular flexibility index (Phi) is 5.42. The molecule has 0 unspecified atom stereocenters. The van der Waals surface area contributed by atoms with E-state index in [1.807, 2.05) is 6.07 Å². The Hall–Kier alpha value is -1.07. The van der Waals surface area contributed by atoms with Gasteiger partial charge in [0.15, 0.2) is 0 Å². The zero-order valence-corrected chi connectivity index (χ0v) is 18.5. The quantitative estimate of drug-likeness (QED) is 0.378. The van der Waals surface area contributed by atoms with Gasteiger partial charge >= 0.3 is 0 Å². The van der Waals surface area contributed by atoms with Crippen molar-refractivity contribution in [3.05, 3.63) is 60.1 Å². The fraction of sp³-hybridized carbons (Fsp3) is 0.478. The minimum atomic E-state index is 0. The number of quaternary nitrogens is 1. The van der Waals surface area contributed by atoms with Gasteiger partial charge in [-0.05, 0) is 47.3 Å². The summed E-state index contributed by atoms with van der Waals surface area (Å²) in [7, 11) is 4.73. The first-order valence-corrected chi connectivity index (χ1v) is 9.48. The molecular weight excluding hydrogens is 433 g/mol. The molecule has 1 heterocycles. The van der Waals surface area contributed by atoms with Gasteiger partial charge in [0.05, 0.1) is 26.6 Å². The first kappa shape index (κ1) is 19.7. The standard InChI is InChI=1S/C23H30NO.HI/c1-23(2)21-10-9-19(22(23)13-21)15-24(3,4)14-17-5-7-18(8-6-17)20-11-12-25-16-20;/h5-9,11-12,16,21-22H,10,13-15H2,1-4H3;1H/q+1;/p-1/t21-,22-;/m0./s1. The van der Waals surface area contributed by atoms with Crippen LogP contribution in [0.5, 0.6) is 0 Å². The number of hydrogen-bond donors (Lipinski definition) is 0. The Morgan fingerprint density at radius 3 is 2.35 bits per heavy atom. The van der Waals surface area contributed by atoms with Crippen LogP contribution in [0, 0.1) is 17.3 Å². The predicted molar refractivity (Wildman–Crippen MR) is 103 cm³/mol. The van der Waals surface area contributed by atoms with E-state index in [9.17, 15) is 0 Å². The number of fused-ring (bicyclic) bond motifs is 1. The Balaban J connectivity index is 0.00000196. The maximum absolute atomic E-state index is 5.19. The fourth-order valence-corrected chi connectivity index (χ4v) is 4.93. The molecule has 3 aliphatic rings. The average Bonchev–Trinajstić information content (AvgIpc) is 3.09. The minimum absolute atomic E-state index is 0. The smallest absolute Gasteiger partial charge is 0.104 e. The minimum Gasteiger partial charge on any atom is -1.00 e. The van der Waals surface area contributed by atoms with Gasteiger partial charge in [0.1, 0.15) is 13.1 Å². The van der Waals surface area contributed by atoms with Crippen LogP contribution >= 0.6 is 0 Å². The molecule has 1 saturated carbocycles. The van der Waals surface area contributed by atoms with Gasteiger partial charge in [0.2, 0.25) is 0 Å². The lowest BCUT2D eigenvalue weighted by atomic mass is 9.49. The largest absolute Gasteiger partial charge is 1.00 e. The van der Waals surface area contributed by atoms with Gasteiger partial charge in [-0.25, -0.2) is 0 Å². The molecule has 3 aliphatic carbocycles. The number of allylic oxidation sites excluding steroid dienone is 1. The molecule has 1 aromatic carbocycles. The zero-order chi connectivity index (χ0) is 17.7. The van der Waals surface area contributed by atoms with Crippen LogP contribution in [0.2, 0.25) is 0 Å². The van der Waals surface area contributed by atoms with E-state index in [0.29, 0.717) is 5.41 Å². The molecule has 5 rings (SSSR count). The van der Waals surface area contributed by atoms with Crippen molar-refractivity contribution in [2.24, 2.45) is 17.3 Å². The molecule has 2 aromatic rings. The lowest BCUT2D eigenvalue weighted by Crippen LogP contribution is -3.00. The van der Waals surface area contributed by atoms with Crippen molar-refractivity contribution < 1.29 is 32.9 Å². The molecule has 3 heteroatoms. The molecule has 0 saturated heterocycles. The van der Waals surface area contributed by atoms with Crippen molar-refractivity contribution in [2.45, 2.75) is 33.2 Å². The summed E-state index contributed by atoms with van der Waals surface area (Å²) in [6, 6.07) is 11.0. The van der Waals surface area contributed by atoms with Crippen LogP contribution in [0.4, 0.5) is 0 Å². The van der Waals surface area contributed by atoms with Crippen molar-refractivity contribution >= 4 is 0 Å². The normalized spacial score (nSPS) is 23.6. The molecule has 1 aromatic heterocycles. The molecule has 0 spiro atoms. The van der Waals surface area contributed by atoms with Gasteiger partial charge in [-0.2, -0.15) is 0 Å². The molecule has 26 heavy (non-hydrogen) atoms. The third-order valence-electron chi connectivity index (χ3n) is 6.61. The van der Waals surface area contributed by atoms with Crippen molar-refractivity contribution in [3.8, 4) is 11.1 Å². The van der Waals surface area contributed by atoms with Gasteiger partial charge in [-0.1, -0.05) is 44.2 Å². The highest BCUT2D eigenvalue weighted by molar-refractivity contribution is 5.62. The lowest BCUT2D eigenvalue weighted by Gasteiger charge is -2.57. The van der Waals surface area contributed by atoms with Gasteiger partial charge in [-0.3, -0.25) is 0 Å². The van der Waals surface area contributed by atoms with Crippen LogP contribution in [0.25, 0.3) is 11.1 Å². The molecule has 2 bridgehead atoms. The van der Waals surface area contributed by atoms with E-state index in [2.05, 4.69) is 58.3 Å². The summed E-state index contributed by atoms with van der Waals surface area (Å²) in [5.41, 5.74) is 6.00. The third kappa shape index (κ3) is 3.65. The van der Waals surface area contributed by atoms with Crippen molar-refractivity contribution in [1.82, 2.24) is 0 Å². The number of hydrogen-bond acceptors (Lipinski definition) is 1. The SMILES string of the molecule is CC1(C)[C@H]2CC=C(C[N+](C)(C)Cc3ccc(-c4ccoc4)cc3)[C@@H]1C2.[I-]. The number of furan rings is 1. The summed E-state index contributed by atoms with van der Waals surface area (Å²) in [6.45, 7) is 7.17. The second kappa shape index (κ2) is 7.16. The highest BCUT2D eigenvalue weighted by Gasteiger charge is 2.52. The van der Waals surface area contributed by atoms with Gasteiger partial charge in [0.25, 0.3) is 0 Å². The summed E-state index contributed by atoms with van der Waals surface area (Å²) in [5.74, 6) is 1.74.